The number of nitrogens with one attached hydrogen (secondary N) is 1. The fourth-order valence-corrected chi connectivity index (χ4v) is 4.47. The summed E-state index contributed by atoms with van der Waals surface area (Å²) in [5.41, 5.74) is 1.79. The van der Waals surface area contributed by atoms with Crippen LogP contribution in [0.15, 0.2) is 64.1 Å². The normalized spacial score (nSPS) is 17.4. The highest BCUT2D eigenvalue weighted by Gasteiger charge is 2.31. The highest BCUT2D eigenvalue weighted by Crippen LogP contribution is 2.35. The van der Waals surface area contributed by atoms with Gasteiger partial charge in [-0.3, -0.25) is 4.99 Å². The van der Waals surface area contributed by atoms with Crippen molar-refractivity contribution < 1.29 is 31.6 Å². The number of rotatable bonds is 7. The van der Waals surface area contributed by atoms with E-state index in [2.05, 4.69) is 20.4 Å². The van der Waals surface area contributed by atoms with Crippen molar-refractivity contribution in [2.45, 2.75) is 38.5 Å². The van der Waals surface area contributed by atoms with Crippen LogP contribution in [0, 0.1) is 0 Å². The molecule has 40 heavy (non-hydrogen) atoms. The number of hydrogen-bond donors (Lipinski definition) is 1. The van der Waals surface area contributed by atoms with Gasteiger partial charge in [0.15, 0.2) is 6.17 Å². The number of carbonyl (C=O) groups excluding carboxylic acids is 1. The molecule has 0 spiro atoms. The van der Waals surface area contributed by atoms with Crippen molar-refractivity contribution in [1.29, 1.82) is 0 Å². The zero-order valence-corrected chi connectivity index (χ0v) is 21.5. The van der Waals surface area contributed by atoms with Crippen molar-refractivity contribution in [3.8, 4) is 11.5 Å². The average molecular weight is 559 g/mol. The van der Waals surface area contributed by atoms with E-state index in [0.29, 0.717) is 29.8 Å². The molecule has 1 aliphatic heterocycles. The molecule has 1 atom stereocenters. The third kappa shape index (κ3) is 6.47. The van der Waals surface area contributed by atoms with Crippen LogP contribution in [0.25, 0.3) is 22.4 Å². The van der Waals surface area contributed by atoms with Crippen molar-refractivity contribution in [3.05, 3.63) is 66.1 Å². The van der Waals surface area contributed by atoms with Gasteiger partial charge >= 0.3 is 12.3 Å². The average Bonchev–Trinajstić information content (AvgIpc) is 3.53. The lowest BCUT2D eigenvalue weighted by Crippen LogP contribution is -2.39. The third-order valence-corrected chi connectivity index (χ3v) is 6.40. The van der Waals surface area contributed by atoms with E-state index in [4.69, 9.17) is 9.26 Å². The Morgan fingerprint density at radius 1 is 1.20 bits per heavy atom. The summed E-state index contributed by atoms with van der Waals surface area (Å²) in [5.74, 6) is -0.126. The van der Waals surface area contributed by atoms with Crippen LogP contribution in [-0.2, 0) is 24.4 Å². The molecule has 5 rings (SSSR count). The van der Waals surface area contributed by atoms with E-state index >= 15 is 0 Å². The number of alkyl carbamates (subject to hydrolysis) is 1. The van der Waals surface area contributed by atoms with Crippen LogP contribution in [0.5, 0.6) is 0 Å². The predicted molar refractivity (Wildman–Crippen MR) is 139 cm³/mol. The molecule has 1 aliphatic rings. The van der Waals surface area contributed by atoms with E-state index in [1.165, 1.54) is 12.1 Å². The molecule has 0 bridgehead atoms. The van der Waals surface area contributed by atoms with Crippen molar-refractivity contribution in [2.24, 2.45) is 4.99 Å². The standard InChI is InChI=1S/C27H26F4N6O3/c1-36-11-10-21(19(28)14-36)33-20-8-5-9-22-18(20)12-23(37(22)16-27(29,30)31)25-34-24(40-35-25)13-32-26(38)39-15-17-6-3-2-4-7-17/h2-9,12,19H,10-11,13-16H2,1H3,(H,32,38)/b33-21+/t19-/m0/s1. The number of benzene rings is 2. The van der Waals surface area contributed by atoms with Crippen LogP contribution in [-0.4, -0.2) is 63.9 Å². The smallest absolute Gasteiger partial charge is 0.407 e. The minimum Gasteiger partial charge on any atom is -0.445 e. The Morgan fingerprint density at radius 3 is 2.75 bits per heavy atom. The zero-order valence-electron chi connectivity index (χ0n) is 21.5. The number of alkyl halides is 4. The molecule has 0 unspecified atom stereocenters. The lowest BCUT2D eigenvalue weighted by atomic mass is 10.1. The van der Waals surface area contributed by atoms with E-state index in [0.717, 1.165) is 10.1 Å². The van der Waals surface area contributed by atoms with Gasteiger partial charge in [-0.25, -0.2) is 9.18 Å². The lowest BCUT2D eigenvalue weighted by molar-refractivity contribution is -0.139. The molecule has 1 N–H and O–H groups in total. The molecule has 1 fully saturated rings. The first-order valence-corrected chi connectivity index (χ1v) is 12.5. The maximum Gasteiger partial charge on any atom is 0.407 e. The minimum atomic E-state index is -4.54. The number of likely N-dealkylation sites (tertiary alicyclic amines) is 1. The van der Waals surface area contributed by atoms with Gasteiger partial charge in [-0.2, -0.15) is 18.2 Å². The van der Waals surface area contributed by atoms with Crippen LogP contribution in [0.1, 0.15) is 17.9 Å². The number of fused-ring (bicyclic) bond motifs is 1. The van der Waals surface area contributed by atoms with Crippen molar-refractivity contribution in [1.82, 2.24) is 24.9 Å². The summed E-state index contributed by atoms with van der Waals surface area (Å²) in [4.78, 5) is 22.6. The van der Waals surface area contributed by atoms with Gasteiger partial charge in [0.2, 0.25) is 11.7 Å². The molecular formula is C27H26F4N6O3. The lowest BCUT2D eigenvalue weighted by Gasteiger charge is -2.26. The molecule has 2 aromatic carbocycles. The number of carbonyl (C=O) groups is 1. The predicted octanol–water partition coefficient (Wildman–Crippen LogP) is 5.43. The molecule has 9 nitrogen and oxygen atoms in total. The van der Waals surface area contributed by atoms with Crippen molar-refractivity contribution >= 4 is 28.4 Å². The zero-order chi connectivity index (χ0) is 28.3. The number of aromatic nitrogens is 3. The summed E-state index contributed by atoms with van der Waals surface area (Å²) in [5, 5.41) is 6.71. The maximum atomic E-state index is 14.6. The number of hydrogen-bond acceptors (Lipinski definition) is 7. The van der Waals surface area contributed by atoms with Crippen LogP contribution < -0.4 is 5.32 Å². The van der Waals surface area contributed by atoms with Gasteiger partial charge in [0.1, 0.15) is 19.7 Å². The highest BCUT2D eigenvalue weighted by atomic mass is 19.4. The molecular weight excluding hydrogens is 532 g/mol. The van der Waals surface area contributed by atoms with Gasteiger partial charge in [-0.05, 0) is 30.8 Å². The molecule has 1 amide bonds. The largest absolute Gasteiger partial charge is 0.445 e. The number of ether oxygens (including phenoxy) is 1. The number of amides is 1. The monoisotopic (exact) mass is 558 g/mol. The fraction of sp³-hybridized carbons (Fsp3) is 0.333. The maximum absolute atomic E-state index is 14.6. The van der Waals surface area contributed by atoms with Gasteiger partial charge in [0, 0.05) is 24.9 Å². The SMILES string of the molecule is CN1CC/C(=N\c2cccc3c2cc(-c2noc(CNC(=O)OCc4ccccc4)n2)n3CC(F)(F)F)[C@@H](F)C1. The number of halogens is 4. The molecule has 0 radical (unpaired) electrons. The van der Waals surface area contributed by atoms with E-state index in [9.17, 15) is 22.4 Å². The highest BCUT2D eigenvalue weighted by molar-refractivity contribution is 5.99. The number of aliphatic imine (C=N–C) groups is 1. The molecule has 0 saturated carbocycles. The molecule has 4 aromatic rings. The Morgan fingerprint density at radius 2 is 2.00 bits per heavy atom. The van der Waals surface area contributed by atoms with Crippen molar-refractivity contribution in [3.63, 3.8) is 0 Å². The first-order chi connectivity index (χ1) is 19.2. The van der Waals surface area contributed by atoms with E-state index in [1.807, 2.05) is 30.1 Å². The van der Waals surface area contributed by atoms with E-state index < -0.39 is 25.0 Å². The summed E-state index contributed by atoms with van der Waals surface area (Å²) >= 11 is 0. The van der Waals surface area contributed by atoms with Crippen molar-refractivity contribution in [2.75, 3.05) is 20.1 Å². The summed E-state index contributed by atoms with van der Waals surface area (Å²) in [7, 11) is 1.82. The van der Waals surface area contributed by atoms with Gasteiger partial charge in [0.05, 0.1) is 22.6 Å². The summed E-state index contributed by atoms with van der Waals surface area (Å²) in [6.45, 7) is -0.600. The van der Waals surface area contributed by atoms with E-state index in [1.54, 1.807) is 24.3 Å². The quantitative estimate of drug-likeness (QED) is 0.304. The molecule has 2 aromatic heterocycles. The van der Waals surface area contributed by atoms with Gasteiger partial charge in [0.25, 0.3) is 0 Å². The second-order valence-corrected chi connectivity index (χ2v) is 9.45. The number of piperidine rings is 1. The summed E-state index contributed by atoms with van der Waals surface area (Å²) in [6.07, 6.45) is -6.12. The second kappa shape index (κ2) is 11.5. The van der Waals surface area contributed by atoms with Crippen LogP contribution in [0.2, 0.25) is 0 Å². The van der Waals surface area contributed by atoms with Gasteiger partial charge < -0.3 is 24.0 Å². The fourth-order valence-electron chi connectivity index (χ4n) is 4.47. The first kappa shape index (κ1) is 27.3. The Balaban J connectivity index is 1.39. The molecule has 1 saturated heterocycles. The minimum absolute atomic E-state index is 0.0254. The summed E-state index contributed by atoms with van der Waals surface area (Å²) in [6, 6.07) is 15.3. The Bertz CT molecular complexity index is 1520. The molecule has 210 valence electrons. The van der Waals surface area contributed by atoms with Crippen LogP contribution in [0.3, 0.4) is 0 Å². The third-order valence-electron chi connectivity index (χ3n) is 6.40. The Hall–Kier alpha value is -4.26. The molecule has 3 heterocycles. The number of nitrogens with zero attached hydrogens (tertiary/aromatic N) is 5. The summed E-state index contributed by atoms with van der Waals surface area (Å²) < 4.78 is 66.7. The van der Waals surface area contributed by atoms with E-state index in [-0.39, 0.29) is 42.6 Å². The second-order valence-electron chi connectivity index (χ2n) is 9.45. The Labute approximate surface area is 226 Å². The van der Waals surface area contributed by atoms with Gasteiger partial charge in [-0.1, -0.05) is 41.6 Å². The van der Waals surface area contributed by atoms with Crippen LogP contribution >= 0.6 is 0 Å². The Kier molecular flexibility index (Phi) is 7.83. The van der Waals surface area contributed by atoms with Gasteiger partial charge in [-0.15, -0.1) is 0 Å². The molecule has 0 aliphatic carbocycles. The first-order valence-electron chi connectivity index (χ1n) is 12.5. The van der Waals surface area contributed by atoms with Crippen LogP contribution in [0.4, 0.5) is 28.0 Å². The topological polar surface area (TPSA) is 97.8 Å². The molecule has 13 heteroatoms.